The van der Waals surface area contributed by atoms with Crippen molar-refractivity contribution in [1.82, 2.24) is 14.5 Å². The molecule has 21 heavy (non-hydrogen) atoms. The molecule has 1 aromatic heterocycles. The van der Waals surface area contributed by atoms with Gasteiger partial charge in [0, 0.05) is 13.1 Å². The Labute approximate surface area is 127 Å². The predicted octanol–water partition coefficient (Wildman–Crippen LogP) is 3.61. The minimum atomic E-state index is -0.456. The fourth-order valence-corrected chi connectivity index (χ4v) is 2.77. The highest BCUT2D eigenvalue weighted by Gasteiger charge is 2.34. The van der Waals surface area contributed by atoms with Crippen molar-refractivity contribution in [3.63, 3.8) is 0 Å². The Kier molecular flexibility index (Phi) is 4.59. The van der Waals surface area contributed by atoms with Gasteiger partial charge in [0.05, 0.1) is 24.3 Å². The summed E-state index contributed by atoms with van der Waals surface area (Å²) in [6.45, 7) is 11.8. The quantitative estimate of drug-likeness (QED) is 0.855. The molecule has 118 valence electrons. The van der Waals surface area contributed by atoms with Crippen LogP contribution in [0.15, 0.2) is 12.5 Å². The second kappa shape index (κ2) is 6.08. The van der Waals surface area contributed by atoms with Gasteiger partial charge >= 0.3 is 6.09 Å². The van der Waals surface area contributed by atoms with Gasteiger partial charge < -0.3 is 9.30 Å². The molecule has 0 spiro atoms. The number of rotatable bonds is 3. The number of aromatic nitrogens is 2. The molecule has 5 nitrogen and oxygen atoms in total. The maximum atomic E-state index is 12.4. The lowest BCUT2D eigenvalue weighted by molar-refractivity contribution is 0.0219. The van der Waals surface area contributed by atoms with Crippen LogP contribution in [-0.2, 0) is 11.3 Å². The van der Waals surface area contributed by atoms with Gasteiger partial charge in [0.2, 0.25) is 0 Å². The number of carbonyl (C=O) groups excluding carboxylic acids is 1. The molecule has 0 bridgehead atoms. The predicted molar refractivity (Wildman–Crippen MR) is 82.0 cm³/mol. The van der Waals surface area contributed by atoms with E-state index in [2.05, 4.69) is 23.4 Å². The van der Waals surface area contributed by atoms with E-state index >= 15 is 0 Å². The summed E-state index contributed by atoms with van der Waals surface area (Å²) in [4.78, 5) is 18.5. The molecule has 0 aromatic carbocycles. The Bertz CT molecular complexity index is 488. The number of hydrogen-bond acceptors (Lipinski definition) is 3. The fraction of sp³-hybridized carbons (Fsp3) is 0.750. The summed E-state index contributed by atoms with van der Waals surface area (Å²) < 4.78 is 7.69. The van der Waals surface area contributed by atoms with E-state index < -0.39 is 5.60 Å². The van der Waals surface area contributed by atoms with Crippen LogP contribution >= 0.6 is 0 Å². The van der Waals surface area contributed by atoms with Gasteiger partial charge in [-0.05, 0) is 39.5 Å². The van der Waals surface area contributed by atoms with Crippen molar-refractivity contribution in [3.05, 3.63) is 18.2 Å². The third-order valence-electron chi connectivity index (χ3n) is 3.53. The second-order valence-electron chi connectivity index (χ2n) is 7.20. The smallest absolute Gasteiger partial charge is 0.410 e. The van der Waals surface area contributed by atoms with E-state index in [1.807, 2.05) is 38.2 Å². The molecule has 0 radical (unpaired) electrons. The normalized spacial score (nSPS) is 19.3. The number of imidazole rings is 1. The van der Waals surface area contributed by atoms with Crippen LogP contribution in [0.3, 0.4) is 0 Å². The molecule has 1 aromatic rings. The zero-order chi connectivity index (χ0) is 15.6. The van der Waals surface area contributed by atoms with Gasteiger partial charge in [-0.25, -0.2) is 9.78 Å². The van der Waals surface area contributed by atoms with Crippen LogP contribution in [0.4, 0.5) is 4.79 Å². The zero-order valence-electron chi connectivity index (χ0n) is 13.8. The molecule has 1 amide bonds. The lowest BCUT2D eigenvalue weighted by atomic mass is 10.1. The SMILES string of the molecule is CC(C)Cn1cncc1[C@@H]1CCCN1C(=O)OC(C)(C)C. The van der Waals surface area contributed by atoms with Crippen LogP contribution in [-0.4, -0.2) is 32.7 Å². The summed E-state index contributed by atoms with van der Waals surface area (Å²) in [7, 11) is 0. The first-order valence-electron chi connectivity index (χ1n) is 7.77. The van der Waals surface area contributed by atoms with Crippen LogP contribution in [0.5, 0.6) is 0 Å². The minimum absolute atomic E-state index is 0.0844. The van der Waals surface area contributed by atoms with E-state index in [-0.39, 0.29) is 12.1 Å². The van der Waals surface area contributed by atoms with Gasteiger partial charge in [-0.2, -0.15) is 0 Å². The van der Waals surface area contributed by atoms with Crippen molar-refractivity contribution >= 4 is 6.09 Å². The van der Waals surface area contributed by atoms with E-state index in [9.17, 15) is 4.79 Å². The first-order valence-corrected chi connectivity index (χ1v) is 7.77. The van der Waals surface area contributed by atoms with Crippen molar-refractivity contribution < 1.29 is 9.53 Å². The monoisotopic (exact) mass is 293 g/mol. The average Bonchev–Trinajstić information content (AvgIpc) is 2.92. The van der Waals surface area contributed by atoms with Crippen LogP contribution < -0.4 is 0 Å². The zero-order valence-corrected chi connectivity index (χ0v) is 13.8. The van der Waals surface area contributed by atoms with Gasteiger partial charge in [0.1, 0.15) is 5.60 Å². The number of carbonyl (C=O) groups is 1. The van der Waals surface area contributed by atoms with Crippen molar-refractivity contribution in [2.45, 2.75) is 65.6 Å². The van der Waals surface area contributed by atoms with E-state index in [0.717, 1.165) is 31.6 Å². The van der Waals surface area contributed by atoms with Crippen molar-refractivity contribution in [2.75, 3.05) is 6.54 Å². The molecule has 0 unspecified atom stereocenters. The standard InChI is InChI=1S/C16H27N3O2/c1-12(2)10-18-11-17-9-14(18)13-7-6-8-19(13)15(20)21-16(3,4)5/h9,11-13H,6-8,10H2,1-5H3/t13-/m0/s1. The largest absolute Gasteiger partial charge is 0.444 e. The lowest BCUT2D eigenvalue weighted by Crippen LogP contribution is -2.37. The Morgan fingerprint density at radius 3 is 2.81 bits per heavy atom. The topological polar surface area (TPSA) is 47.4 Å². The molecule has 2 heterocycles. The number of likely N-dealkylation sites (tertiary alicyclic amines) is 1. The molecule has 1 aliphatic rings. The lowest BCUT2D eigenvalue weighted by Gasteiger charge is -2.29. The number of ether oxygens (including phenoxy) is 1. The van der Waals surface area contributed by atoms with Gasteiger partial charge in [0.15, 0.2) is 0 Å². The molecule has 0 N–H and O–H groups in total. The van der Waals surface area contributed by atoms with Crippen molar-refractivity contribution in [2.24, 2.45) is 5.92 Å². The van der Waals surface area contributed by atoms with E-state index in [4.69, 9.17) is 4.74 Å². The highest BCUT2D eigenvalue weighted by molar-refractivity contribution is 5.69. The summed E-state index contributed by atoms with van der Waals surface area (Å²) in [6.07, 6.45) is 5.51. The molecule has 1 aliphatic heterocycles. The first-order chi connectivity index (χ1) is 9.78. The molecular weight excluding hydrogens is 266 g/mol. The van der Waals surface area contributed by atoms with Crippen LogP contribution in [0, 0.1) is 5.92 Å². The maximum absolute atomic E-state index is 12.4. The summed E-state index contributed by atoms with van der Waals surface area (Å²) in [5, 5.41) is 0. The highest BCUT2D eigenvalue weighted by atomic mass is 16.6. The van der Waals surface area contributed by atoms with Gasteiger partial charge in [-0.3, -0.25) is 4.90 Å². The summed E-state index contributed by atoms with van der Waals surface area (Å²) in [5.41, 5.74) is 0.662. The van der Waals surface area contributed by atoms with Crippen molar-refractivity contribution in [1.29, 1.82) is 0 Å². The Morgan fingerprint density at radius 1 is 1.48 bits per heavy atom. The molecule has 1 fully saturated rings. The van der Waals surface area contributed by atoms with Crippen LogP contribution in [0.2, 0.25) is 0 Å². The van der Waals surface area contributed by atoms with Crippen molar-refractivity contribution in [3.8, 4) is 0 Å². The van der Waals surface area contributed by atoms with Gasteiger partial charge in [0.25, 0.3) is 0 Å². The van der Waals surface area contributed by atoms with E-state index in [0.29, 0.717) is 5.92 Å². The molecule has 5 heteroatoms. The third kappa shape index (κ3) is 3.99. The summed E-state index contributed by atoms with van der Waals surface area (Å²) >= 11 is 0. The van der Waals surface area contributed by atoms with E-state index in [1.165, 1.54) is 0 Å². The summed E-state index contributed by atoms with van der Waals surface area (Å²) in [5.74, 6) is 0.550. The highest BCUT2D eigenvalue weighted by Crippen LogP contribution is 2.33. The summed E-state index contributed by atoms with van der Waals surface area (Å²) in [6, 6.07) is 0.0844. The number of amides is 1. The van der Waals surface area contributed by atoms with E-state index in [1.54, 1.807) is 0 Å². The third-order valence-corrected chi connectivity index (χ3v) is 3.53. The van der Waals surface area contributed by atoms with Gasteiger partial charge in [-0.1, -0.05) is 13.8 Å². The first kappa shape index (κ1) is 15.9. The maximum Gasteiger partial charge on any atom is 0.410 e. The van der Waals surface area contributed by atoms with Crippen LogP contribution in [0.1, 0.15) is 59.2 Å². The number of hydrogen-bond donors (Lipinski definition) is 0. The Balaban J connectivity index is 2.15. The molecule has 0 saturated carbocycles. The van der Waals surface area contributed by atoms with Gasteiger partial charge in [-0.15, -0.1) is 0 Å². The fourth-order valence-electron chi connectivity index (χ4n) is 2.77. The molecule has 1 atom stereocenters. The molecule has 1 saturated heterocycles. The molecule has 2 rings (SSSR count). The Morgan fingerprint density at radius 2 is 2.19 bits per heavy atom. The Hall–Kier alpha value is -1.52. The second-order valence-corrected chi connectivity index (χ2v) is 7.20. The minimum Gasteiger partial charge on any atom is -0.444 e. The average molecular weight is 293 g/mol. The molecule has 0 aliphatic carbocycles. The molecular formula is C16H27N3O2. The number of nitrogens with zero attached hydrogens (tertiary/aromatic N) is 3. The van der Waals surface area contributed by atoms with Crippen LogP contribution in [0.25, 0.3) is 0 Å².